The van der Waals surface area contributed by atoms with Gasteiger partial charge in [0.2, 0.25) is 5.89 Å². The van der Waals surface area contributed by atoms with Gasteiger partial charge < -0.3 is 14.2 Å². The smallest absolute Gasteiger partial charge is 0.256 e. The summed E-state index contributed by atoms with van der Waals surface area (Å²) in [6.45, 7) is 1.23. The van der Waals surface area contributed by atoms with Gasteiger partial charge in [0.1, 0.15) is 17.4 Å². The Morgan fingerprint density at radius 3 is 2.76 bits per heavy atom. The topological polar surface area (TPSA) is 68.5 Å². The van der Waals surface area contributed by atoms with E-state index in [4.69, 9.17) is 9.26 Å². The summed E-state index contributed by atoms with van der Waals surface area (Å²) in [4.78, 5) is 18.5. The Kier molecular flexibility index (Phi) is 5.50. The van der Waals surface area contributed by atoms with Crippen molar-refractivity contribution < 1.29 is 22.8 Å². The van der Waals surface area contributed by atoms with E-state index in [0.717, 1.165) is 0 Å². The van der Waals surface area contributed by atoms with Crippen molar-refractivity contribution in [1.82, 2.24) is 15.0 Å². The minimum Gasteiger partial charge on any atom is -0.493 e. The highest BCUT2D eigenvalue weighted by atomic mass is 19.1. The zero-order valence-electron chi connectivity index (χ0n) is 15.6. The van der Waals surface area contributed by atoms with Crippen LogP contribution in [-0.4, -0.2) is 40.6 Å². The first-order valence-electron chi connectivity index (χ1n) is 9.35. The summed E-state index contributed by atoms with van der Waals surface area (Å²) in [6, 6.07) is 11.7. The minimum absolute atomic E-state index is 0.0670. The zero-order chi connectivity index (χ0) is 20.2. The molecule has 1 aromatic heterocycles. The molecule has 1 amide bonds. The Morgan fingerprint density at radius 1 is 1.17 bits per heavy atom. The van der Waals surface area contributed by atoms with Crippen LogP contribution in [0, 0.1) is 11.6 Å². The molecule has 1 atom stereocenters. The number of ether oxygens (including phenoxy) is 1. The van der Waals surface area contributed by atoms with Crippen molar-refractivity contribution in [2.24, 2.45) is 0 Å². The van der Waals surface area contributed by atoms with Crippen molar-refractivity contribution in [3.8, 4) is 5.75 Å². The maximum atomic E-state index is 13.9. The molecular weight excluding hydrogens is 380 g/mol. The molecule has 6 nitrogen and oxygen atoms in total. The van der Waals surface area contributed by atoms with Gasteiger partial charge in [-0.1, -0.05) is 17.3 Å². The lowest BCUT2D eigenvalue weighted by Gasteiger charge is -2.16. The number of hydrogen-bond donors (Lipinski definition) is 0. The van der Waals surface area contributed by atoms with Crippen LogP contribution in [0.2, 0.25) is 0 Å². The molecule has 1 aliphatic heterocycles. The molecule has 1 fully saturated rings. The molecule has 0 saturated carbocycles. The molecule has 2 heterocycles. The van der Waals surface area contributed by atoms with Crippen LogP contribution in [0.4, 0.5) is 8.78 Å². The molecular formula is C21H19F2N3O3. The van der Waals surface area contributed by atoms with Gasteiger partial charge >= 0.3 is 0 Å². The number of amides is 1. The van der Waals surface area contributed by atoms with Crippen molar-refractivity contribution in [1.29, 1.82) is 0 Å². The highest BCUT2D eigenvalue weighted by molar-refractivity contribution is 5.94. The van der Waals surface area contributed by atoms with Gasteiger partial charge in [0.15, 0.2) is 5.82 Å². The fraction of sp³-hybridized carbons (Fsp3) is 0.286. The van der Waals surface area contributed by atoms with Gasteiger partial charge in [-0.2, -0.15) is 4.98 Å². The number of carbonyl (C=O) groups excluding carboxylic acids is 1. The highest BCUT2D eigenvalue weighted by Gasteiger charge is 2.32. The van der Waals surface area contributed by atoms with Gasteiger partial charge in [-0.25, -0.2) is 8.78 Å². The Bertz CT molecular complexity index is 991. The number of rotatable bonds is 6. The molecule has 150 valence electrons. The lowest BCUT2D eigenvalue weighted by molar-refractivity contribution is 0.0785. The van der Waals surface area contributed by atoms with Gasteiger partial charge in [0, 0.05) is 19.5 Å². The van der Waals surface area contributed by atoms with Crippen molar-refractivity contribution in [3.05, 3.63) is 77.4 Å². The molecule has 0 N–H and O–H groups in total. The maximum Gasteiger partial charge on any atom is 0.256 e. The second kappa shape index (κ2) is 8.38. The van der Waals surface area contributed by atoms with Crippen LogP contribution in [0.15, 0.2) is 53.1 Å². The maximum absolute atomic E-state index is 13.9. The molecule has 3 aromatic rings. The highest BCUT2D eigenvalue weighted by Crippen LogP contribution is 2.27. The summed E-state index contributed by atoms with van der Waals surface area (Å²) in [5.41, 5.74) is 0.0670. The van der Waals surface area contributed by atoms with Crippen LogP contribution in [0.1, 0.15) is 34.4 Å². The summed E-state index contributed by atoms with van der Waals surface area (Å²) in [6.07, 6.45) is 1.11. The van der Waals surface area contributed by atoms with E-state index in [9.17, 15) is 13.6 Å². The van der Waals surface area contributed by atoms with E-state index in [1.54, 1.807) is 29.2 Å². The number of likely N-dealkylation sites (tertiary alicyclic amines) is 1. The average molecular weight is 399 g/mol. The standard InChI is InChI=1S/C21H19F2N3O3/c22-15-5-7-16(8-6-15)28-12-10-19-24-20(29-25-19)14-9-11-26(13-14)21(27)17-3-1-2-4-18(17)23/h1-8,14H,9-13H2. The number of aromatic nitrogens is 2. The van der Waals surface area contributed by atoms with Crippen LogP contribution >= 0.6 is 0 Å². The van der Waals surface area contributed by atoms with Crippen molar-refractivity contribution >= 4 is 5.91 Å². The summed E-state index contributed by atoms with van der Waals surface area (Å²) in [5.74, 6) is 0.268. The molecule has 4 rings (SSSR count). The summed E-state index contributed by atoms with van der Waals surface area (Å²) < 4.78 is 37.6. The third-order valence-corrected chi connectivity index (χ3v) is 4.82. The third kappa shape index (κ3) is 4.42. The third-order valence-electron chi connectivity index (χ3n) is 4.82. The van der Waals surface area contributed by atoms with Crippen LogP contribution in [0.25, 0.3) is 0 Å². The first-order valence-corrected chi connectivity index (χ1v) is 9.35. The normalized spacial score (nSPS) is 16.2. The van der Waals surface area contributed by atoms with Gasteiger partial charge in [-0.3, -0.25) is 4.79 Å². The molecule has 0 spiro atoms. The zero-order valence-corrected chi connectivity index (χ0v) is 15.6. The molecule has 2 aromatic carbocycles. The van der Waals surface area contributed by atoms with E-state index in [-0.39, 0.29) is 23.2 Å². The molecule has 0 radical (unpaired) electrons. The second-order valence-electron chi connectivity index (χ2n) is 6.82. The second-order valence-corrected chi connectivity index (χ2v) is 6.82. The van der Waals surface area contributed by atoms with Crippen molar-refractivity contribution in [3.63, 3.8) is 0 Å². The van der Waals surface area contributed by atoms with E-state index in [2.05, 4.69) is 10.1 Å². The van der Waals surface area contributed by atoms with Crippen molar-refractivity contribution in [2.75, 3.05) is 19.7 Å². The number of halogens is 2. The molecule has 29 heavy (non-hydrogen) atoms. The predicted octanol–water partition coefficient (Wildman–Crippen LogP) is 3.60. The van der Waals surface area contributed by atoms with E-state index >= 15 is 0 Å². The fourth-order valence-electron chi connectivity index (χ4n) is 3.28. The Labute approximate surface area is 166 Å². The predicted molar refractivity (Wildman–Crippen MR) is 99.6 cm³/mol. The fourth-order valence-corrected chi connectivity index (χ4v) is 3.28. The van der Waals surface area contributed by atoms with Crippen molar-refractivity contribution in [2.45, 2.75) is 18.8 Å². The molecule has 1 aliphatic rings. The van der Waals surface area contributed by atoms with Crippen LogP contribution in [0.5, 0.6) is 5.75 Å². The summed E-state index contributed by atoms with van der Waals surface area (Å²) in [7, 11) is 0. The monoisotopic (exact) mass is 399 g/mol. The van der Waals surface area contributed by atoms with Gasteiger partial charge in [-0.15, -0.1) is 0 Å². The van der Waals surface area contributed by atoms with Crippen LogP contribution in [0.3, 0.4) is 0 Å². The number of hydrogen-bond acceptors (Lipinski definition) is 5. The van der Waals surface area contributed by atoms with E-state index in [1.165, 1.54) is 24.3 Å². The van der Waals surface area contributed by atoms with E-state index in [1.807, 2.05) is 0 Å². The van der Waals surface area contributed by atoms with E-state index < -0.39 is 5.82 Å². The van der Waals surface area contributed by atoms with Gasteiger partial charge in [-0.05, 0) is 42.8 Å². The quantitative estimate of drug-likeness (QED) is 0.634. The van der Waals surface area contributed by atoms with Crippen LogP contribution in [-0.2, 0) is 6.42 Å². The summed E-state index contributed by atoms with van der Waals surface area (Å²) in [5, 5.41) is 3.96. The first-order chi connectivity index (χ1) is 14.1. The molecule has 8 heteroatoms. The minimum atomic E-state index is -0.526. The number of nitrogens with zero attached hydrogens (tertiary/aromatic N) is 3. The Morgan fingerprint density at radius 2 is 1.97 bits per heavy atom. The summed E-state index contributed by atoms with van der Waals surface area (Å²) >= 11 is 0. The average Bonchev–Trinajstić information content (AvgIpc) is 3.39. The largest absolute Gasteiger partial charge is 0.493 e. The van der Waals surface area contributed by atoms with E-state index in [0.29, 0.717) is 50.0 Å². The Hall–Kier alpha value is -3.29. The first kappa shape index (κ1) is 19.0. The molecule has 0 bridgehead atoms. The number of carbonyl (C=O) groups is 1. The molecule has 1 unspecified atom stereocenters. The van der Waals surface area contributed by atoms with Crippen LogP contribution < -0.4 is 4.74 Å². The molecule has 1 saturated heterocycles. The molecule has 0 aliphatic carbocycles. The SMILES string of the molecule is O=C(c1ccccc1F)N1CCC(c2nc(CCOc3ccc(F)cc3)no2)C1. The Balaban J connectivity index is 1.31. The lowest BCUT2D eigenvalue weighted by atomic mass is 10.1. The van der Waals surface area contributed by atoms with Gasteiger partial charge in [0.25, 0.3) is 5.91 Å². The lowest BCUT2D eigenvalue weighted by Crippen LogP contribution is -2.29. The number of benzene rings is 2. The van der Waals surface area contributed by atoms with Gasteiger partial charge in [0.05, 0.1) is 18.1 Å².